The van der Waals surface area contributed by atoms with Crippen molar-refractivity contribution in [3.8, 4) is 11.5 Å². The number of halogens is 3. The molecular weight excluding hydrogens is 497 g/mol. The van der Waals surface area contributed by atoms with Crippen molar-refractivity contribution in [2.45, 2.75) is 17.9 Å². The number of benzene rings is 1. The molecule has 0 saturated heterocycles. The number of thioether (sulfide) groups is 1. The van der Waals surface area contributed by atoms with E-state index in [0.29, 0.717) is 27.6 Å². The summed E-state index contributed by atoms with van der Waals surface area (Å²) in [6.45, 7) is -0.294. The van der Waals surface area contributed by atoms with Crippen LogP contribution in [0.25, 0.3) is 11.2 Å². The predicted molar refractivity (Wildman–Crippen MR) is 119 cm³/mol. The van der Waals surface area contributed by atoms with Crippen LogP contribution in [0.4, 0.5) is 13.2 Å². The summed E-state index contributed by atoms with van der Waals surface area (Å²) in [6.07, 6.45) is -2.96. The summed E-state index contributed by atoms with van der Waals surface area (Å²) in [5, 5.41) is 0.211. The maximum atomic E-state index is 13.0. The zero-order chi connectivity index (χ0) is 25.3. The summed E-state index contributed by atoms with van der Waals surface area (Å²) in [5.74, 6) is -0.405. The zero-order valence-corrected chi connectivity index (χ0v) is 20.2. The van der Waals surface area contributed by atoms with Gasteiger partial charge in [-0.1, -0.05) is 23.9 Å². The van der Waals surface area contributed by atoms with Crippen LogP contribution in [0, 0.1) is 0 Å². The van der Waals surface area contributed by atoms with E-state index in [-0.39, 0.29) is 28.6 Å². The molecule has 3 aromatic rings. The van der Waals surface area contributed by atoms with Gasteiger partial charge in [-0.3, -0.25) is 4.79 Å². The van der Waals surface area contributed by atoms with Crippen molar-refractivity contribution in [3.63, 3.8) is 0 Å². The first-order chi connectivity index (χ1) is 15.9. The van der Waals surface area contributed by atoms with Gasteiger partial charge in [-0.15, -0.1) is 0 Å². The van der Waals surface area contributed by atoms with Crippen LogP contribution in [0.1, 0.15) is 11.1 Å². The molecule has 0 atom stereocenters. The van der Waals surface area contributed by atoms with E-state index in [4.69, 9.17) is 9.47 Å². The summed E-state index contributed by atoms with van der Waals surface area (Å²) in [6, 6.07) is 5.74. The molecular formula is C20H21F3N4O5S2. The van der Waals surface area contributed by atoms with Gasteiger partial charge in [0.05, 0.1) is 38.3 Å². The van der Waals surface area contributed by atoms with Gasteiger partial charge in [0.25, 0.3) is 0 Å². The summed E-state index contributed by atoms with van der Waals surface area (Å²) < 4.78 is 76.3. The third-order valence-corrected chi connectivity index (χ3v) is 6.95. The molecule has 2 heterocycles. The van der Waals surface area contributed by atoms with Gasteiger partial charge in [-0.25, -0.2) is 22.7 Å². The summed E-state index contributed by atoms with van der Waals surface area (Å²) >= 11 is 0.886. The van der Waals surface area contributed by atoms with Crippen LogP contribution in [0.5, 0.6) is 11.5 Å². The fourth-order valence-electron chi connectivity index (χ4n) is 3.16. The molecule has 34 heavy (non-hydrogen) atoms. The van der Waals surface area contributed by atoms with Crippen LogP contribution >= 0.6 is 11.8 Å². The van der Waals surface area contributed by atoms with Crippen molar-refractivity contribution in [2.75, 3.05) is 26.2 Å². The van der Waals surface area contributed by atoms with E-state index in [1.165, 1.54) is 25.8 Å². The number of aromatic nitrogens is 3. The van der Waals surface area contributed by atoms with Gasteiger partial charge in [0, 0.05) is 18.8 Å². The number of amides is 1. The van der Waals surface area contributed by atoms with Crippen LogP contribution in [-0.2, 0) is 34.6 Å². The number of carbonyl (C=O) groups is 1. The number of fused-ring (bicyclic) bond motifs is 1. The average molecular weight is 519 g/mol. The maximum absolute atomic E-state index is 13.0. The molecule has 0 spiro atoms. The lowest BCUT2D eigenvalue weighted by Gasteiger charge is -2.22. The van der Waals surface area contributed by atoms with Gasteiger partial charge in [0.2, 0.25) is 15.9 Å². The molecule has 1 amide bonds. The van der Waals surface area contributed by atoms with Gasteiger partial charge < -0.3 is 14.0 Å². The predicted octanol–water partition coefficient (Wildman–Crippen LogP) is 3.08. The highest BCUT2D eigenvalue weighted by Crippen LogP contribution is 2.33. The molecule has 0 unspecified atom stereocenters. The lowest BCUT2D eigenvalue weighted by molar-refractivity contribution is -0.137. The molecule has 0 saturated carbocycles. The molecule has 1 aromatic carbocycles. The molecule has 9 nitrogen and oxygen atoms in total. The second kappa shape index (κ2) is 9.70. The summed E-state index contributed by atoms with van der Waals surface area (Å²) in [4.78, 5) is 20.8. The quantitative estimate of drug-likeness (QED) is 0.419. The van der Waals surface area contributed by atoms with Gasteiger partial charge >= 0.3 is 6.18 Å². The van der Waals surface area contributed by atoms with Crippen molar-refractivity contribution in [3.05, 3.63) is 41.6 Å². The van der Waals surface area contributed by atoms with E-state index in [1.807, 2.05) is 0 Å². The number of para-hydroxylation sites is 1. The standard InChI is InChI=1S/C20H21F3N4O5S2/c1-26-18-14(8-13(9-24-18)20(21,22)23)25-19(26)33-11-16(28)27(34(4,29)30)10-12-6-5-7-15(31-2)17(12)32-3/h5-9H,10-11H2,1-4H3. The largest absolute Gasteiger partial charge is 0.493 e. The van der Waals surface area contributed by atoms with E-state index < -0.39 is 27.7 Å². The highest BCUT2D eigenvalue weighted by molar-refractivity contribution is 8.00. The maximum Gasteiger partial charge on any atom is 0.417 e. The number of imidazole rings is 1. The molecule has 0 aliphatic rings. The minimum atomic E-state index is -4.57. The number of hydrogen-bond donors (Lipinski definition) is 0. The van der Waals surface area contributed by atoms with E-state index in [2.05, 4.69) is 9.97 Å². The molecule has 0 aliphatic heterocycles. The van der Waals surface area contributed by atoms with E-state index in [0.717, 1.165) is 24.1 Å². The van der Waals surface area contributed by atoms with Gasteiger partial charge in [0.15, 0.2) is 22.3 Å². The first-order valence-electron chi connectivity index (χ1n) is 9.59. The Hall–Kier alpha value is -3.00. The highest BCUT2D eigenvalue weighted by Gasteiger charge is 2.32. The molecule has 14 heteroatoms. The SMILES string of the molecule is COc1cccc(CN(C(=O)CSc2nc3cc(C(F)(F)F)cnc3n2C)S(C)(=O)=O)c1OC. The molecule has 0 fully saturated rings. The van der Waals surface area contributed by atoms with Gasteiger partial charge in [-0.05, 0) is 12.1 Å². The monoisotopic (exact) mass is 518 g/mol. The second-order valence-corrected chi connectivity index (χ2v) is 9.97. The van der Waals surface area contributed by atoms with Crippen LogP contribution < -0.4 is 9.47 Å². The topological polar surface area (TPSA) is 104 Å². The normalized spacial score (nSPS) is 12.1. The number of alkyl halides is 3. The molecule has 0 N–H and O–H groups in total. The number of methoxy groups -OCH3 is 2. The Kier molecular flexibility index (Phi) is 7.31. The number of aryl methyl sites for hydroxylation is 1. The van der Waals surface area contributed by atoms with Crippen molar-refractivity contribution >= 4 is 38.9 Å². The number of nitrogens with zero attached hydrogens (tertiary/aromatic N) is 4. The van der Waals surface area contributed by atoms with Gasteiger partial charge in [0.1, 0.15) is 5.52 Å². The Bertz CT molecular complexity index is 1330. The number of hydrogen-bond acceptors (Lipinski definition) is 8. The highest BCUT2D eigenvalue weighted by atomic mass is 32.2. The van der Waals surface area contributed by atoms with Crippen molar-refractivity contribution < 1.29 is 35.9 Å². The number of ether oxygens (including phenoxy) is 2. The summed E-state index contributed by atoms with van der Waals surface area (Å²) in [7, 11) is 0.409. The lowest BCUT2D eigenvalue weighted by atomic mass is 10.2. The molecule has 184 valence electrons. The average Bonchev–Trinajstić information content (AvgIpc) is 3.09. The van der Waals surface area contributed by atoms with Crippen LogP contribution in [0.15, 0.2) is 35.6 Å². The van der Waals surface area contributed by atoms with Crippen molar-refractivity contribution in [1.29, 1.82) is 0 Å². The molecule has 3 rings (SSSR count). The Morgan fingerprint density at radius 1 is 1.24 bits per heavy atom. The summed E-state index contributed by atoms with van der Waals surface area (Å²) in [5.41, 5.74) is -0.323. The number of pyridine rings is 1. The molecule has 2 aromatic heterocycles. The van der Waals surface area contributed by atoms with Gasteiger partial charge in [-0.2, -0.15) is 13.2 Å². The van der Waals surface area contributed by atoms with E-state index in [9.17, 15) is 26.4 Å². The van der Waals surface area contributed by atoms with E-state index >= 15 is 0 Å². The van der Waals surface area contributed by atoms with E-state index in [1.54, 1.807) is 18.2 Å². The van der Waals surface area contributed by atoms with Crippen molar-refractivity contribution in [1.82, 2.24) is 18.8 Å². The third kappa shape index (κ3) is 5.38. The zero-order valence-electron chi connectivity index (χ0n) is 18.6. The van der Waals surface area contributed by atoms with Crippen molar-refractivity contribution in [2.24, 2.45) is 7.05 Å². The van der Waals surface area contributed by atoms with Crippen LogP contribution in [0.3, 0.4) is 0 Å². The Morgan fingerprint density at radius 2 is 1.94 bits per heavy atom. The molecule has 0 bridgehead atoms. The minimum absolute atomic E-state index is 0.00774. The van der Waals surface area contributed by atoms with Crippen LogP contribution in [-0.4, -0.2) is 59.4 Å². The fourth-order valence-corrected chi connectivity index (χ4v) is 4.90. The number of sulfonamides is 1. The number of carbonyl (C=O) groups excluding carboxylic acids is 1. The second-order valence-electron chi connectivity index (χ2n) is 7.12. The Morgan fingerprint density at radius 3 is 2.53 bits per heavy atom. The first kappa shape index (κ1) is 25.6. The smallest absolute Gasteiger partial charge is 0.417 e. The minimum Gasteiger partial charge on any atom is -0.493 e. The lowest BCUT2D eigenvalue weighted by Crippen LogP contribution is -2.37. The Labute approximate surface area is 197 Å². The Balaban J connectivity index is 1.84. The van der Waals surface area contributed by atoms with Crippen LogP contribution in [0.2, 0.25) is 0 Å². The third-order valence-electron chi connectivity index (χ3n) is 4.80. The fraction of sp³-hybridized carbons (Fsp3) is 0.350. The number of rotatable bonds is 8. The first-order valence-corrected chi connectivity index (χ1v) is 12.4. The molecule has 0 aliphatic carbocycles. The molecule has 0 radical (unpaired) electrons.